The van der Waals surface area contributed by atoms with Crippen LogP contribution in [0.2, 0.25) is 0 Å². The van der Waals surface area contributed by atoms with Crippen LogP contribution in [0.15, 0.2) is 0 Å². The highest BCUT2D eigenvalue weighted by atomic mass is 32.4. The quantitative estimate of drug-likeness (QED) is 0.655. The molecule has 1 nitrogen and oxygen atoms in total. The smallest absolute Gasteiger partial charge is 0.0477 e. The van der Waals surface area contributed by atoms with Crippen molar-refractivity contribution in [2.24, 2.45) is 0 Å². The molecule has 0 radical (unpaired) electrons. The minimum Gasteiger partial charge on any atom is -0.396 e. The van der Waals surface area contributed by atoms with E-state index in [4.69, 9.17) is 16.9 Å². The zero-order valence-corrected chi connectivity index (χ0v) is 8.93. The van der Waals surface area contributed by atoms with Crippen LogP contribution < -0.4 is 0 Å². The van der Waals surface area contributed by atoms with E-state index < -0.39 is 6.04 Å². The van der Waals surface area contributed by atoms with Gasteiger partial charge in [0.05, 0.1) is 0 Å². The van der Waals surface area contributed by atoms with Crippen molar-refractivity contribution in [2.75, 3.05) is 19.4 Å². The number of aliphatic hydroxyl groups excluding tert-OH is 1. The first-order chi connectivity index (χ1) is 4.31. The van der Waals surface area contributed by atoms with Crippen LogP contribution in [0.1, 0.15) is 20.8 Å². The second-order valence-corrected chi connectivity index (χ2v) is 10.1. The molecule has 0 aromatic rings. The Labute approximate surface area is 68.8 Å². The Balaban J connectivity index is 4.26. The third-order valence-corrected chi connectivity index (χ3v) is 8.03. The van der Waals surface area contributed by atoms with Crippen LogP contribution in [0.3, 0.4) is 0 Å². The predicted molar refractivity (Wildman–Crippen MR) is 51.9 cm³/mol. The zero-order chi connectivity index (χ0) is 8.41. The van der Waals surface area contributed by atoms with Gasteiger partial charge in [-0.2, -0.15) is 0 Å². The Morgan fingerprint density at radius 1 is 1.40 bits per heavy atom. The summed E-state index contributed by atoms with van der Waals surface area (Å²) in [4.78, 5) is 0. The summed E-state index contributed by atoms with van der Waals surface area (Å²) in [5.41, 5.74) is 0. The molecular formula is C7H17OPS. The highest BCUT2D eigenvalue weighted by Gasteiger charge is 2.25. The third kappa shape index (κ3) is 2.69. The van der Waals surface area contributed by atoms with Gasteiger partial charge < -0.3 is 5.11 Å². The summed E-state index contributed by atoms with van der Waals surface area (Å²) in [5.74, 6) is 0. The van der Waals surface area contributed by atoms with Gasteiger partial charge in [-0.05, 0) is 17.9 Å². The molecule has 0 aliphatic carbocycles. The number of hydrogen-bond donors (Lipinski definition) is 1. The Kier molecular flexibility index (Phi) is 3.54. The molecule has 1 atom stereocenters. The van der Waals surface area contributed by atoms with E-state index in [-0.39, 0.29) is 11.8 Å². The first-order valence-corrected chi connectivity index (χ1v) is 6.92. The van der Waals surface area contributed by atoms with E-state index in [0.29, 0.717) is 0 Å². The molecule has 62 valence electrons. The average Bonchev–Trinajstić information content (AvgIpc) is 1.61. The van der Waals surface area contributed by atoms with Gasteiger partial charge in [-0.1, -0.05) is 32.6 Å². The first kappa shape index (κ1) is 10.6. The molecule has 0 fully saturated rings. The van der Waals surface area contributed by atoms with Gasteiger partial charge in [0.2, 0.25) is 0 Å². The van der Waals surface area contributed by atoms with Gasteiger partial charge in [0.25, 0.3) is 0 Å². The van der Waals surface area contributed by atoms with Crippen molar-refractivity contribution in [1.82, 2.24) is 0 Å². The van der Waals surface area contributed by atoms with Crippen molar-refractivity contribution in [3.8, 4) is 0 Å². The van der Waals surface area contributed by atoms with Crippen LogP contribution in [-0.4, -0.2) is 29.7 Å². The molecule has 0 aromatic carbocycles. The molecule has 0 aliphatic heterocycles. The fraction of sp³-hybridized carbons (Fsp3) is 1.00. The molecule has 3 heteroatoms. The molecule has 0 amide bonds. The van der Waals surface area contributed by atoms with E-state index in [0.717, 1.165) is 6.16 Å². The van der Waals surface area contributed by atoms with E-state index in [2.05, 4.69) is 27.4 Å². The predicted octanol–water partition coefficient (Wildman–Crippen LogP) is 1.89. The molecule has 0 heterocycles. The number of aliphatic hydroxyl groups is 1. The van der Waals surface area contributed by atoms with E-state index in [1.807, 2.05) is 0 Å². The maximum absolute atomic E-state index is 8.73. The molecule has 0 aromatic heterocycles. The molecule has 0 bridgehead atoms. The lowest BCUT2D eigenvalue weighted by Gasteiger charge is -2.31. The Bertz CT molecular complexity index is 148. The number of rotatable bonds is 2. The molecule has 0 aliphatic rings. The van der Waals surface area contributed by atoms with Gasteiger partial charge >= 0.3 is 0 Å². The highest BCUT2D eigenvalue weighted by Crippen LogP contribution is 2.54. The lowest BCUT2D eigenvalue weighted by Crippen LogP contribution is -2.17. The second kappa shape index (κ2) is 3.34. The summed E-state index contributed by atoms with van der Waals surface area (Å²) in [7, 11) is 0. The summed E-state index contributed by atoms with van der Waals surface area (Å²) in [5, 5.41) is 8.94. The molecule has 0 rings (SSSR count). The van der Waals surface area contributed by atoms with Crippen molar-refractivity contribution in [1.29, 1.82) is 0 Å². The molecule has 0 saturated carbocycles. The van der Waals surface area contributed by atoms with Gasteiger partial charge in [-0.25, -0.2) is 0 Å². The van der Waals surface area contributed by atoms with E-state index in [9.17, 15) is 0 Å². The number of hydrogen-bond acceptors (Lipinski definition) is 2. The lowest BCUT2D eigenvalue weighted by atomic mass is 10.3. The summed E-state index contributed by atoms with van der Waals surface area (Å²) in [6.45, 7) is 8.83. The van der Waals surface area contributed by atoms with Crippen LogP contribution >= 0.6 is 6.04 Å². The Morgan fingerprint density at radius 3 is 1.90 bits per heavy atom. The fourth-order valence-electron chi connectivity index (χ4n) is 0.526. The van der Waals surface area contributed by atoms with Crippen molar-refractivity contribution in [2.45, 2.75) is 25.9 Å². The van der Waals surface area contributed by atoms with Crippen LogP contribution in [0.4, 0.5) is 0 Å². The van der Waals surface area contributed by atoms with Gasteiger partial charge in [-0.3, -0.25) is 0 Å². The van der Waals surface area contributed by atoms with Crippen LogP contribution in [-0.2, 0) is 11.8 Å². The molecule has 1 N–H and O–H groups in total. The van der Waals surface area contributed by atoms with Crippen molar-refractivity contribution >= 4 is 17.8 Å². The third-order valence-electron chi connectivity index (χ3n) is 1.95. The maximum Gasteiger partial charge on any atom is 0.0477 e. The van der Waals surface area contributed by atoms with E-state index >= 15 is 0 Å². The summed E-state index contributed by atoms with van der Waals surface area (Å²) < 4.78 is 0. The standard InChI is InChI=1S/C7H17OPS/c1-7(2,3)9(4,10)6-5-8/h8H,5-6H2,1-4H3. The van der Waals surface area contributed by atoms with E-state index in [1.165, 1.54) is 0 Å². The molecular weight excluding hydrogens is 163 g/mol. The molecule has 0 saturated heterocycles. The van der Waals surface area contributed by atoms with Gasteiger partial charge in [-0.15, -0.1) is 0 Å². The minimum atomic E-state index is -1.29. The Hall–Kier alpha value is 0.610. The Morgan fingerprint density at radius 2 is 1.80 bits per heavy atom. The average molecular weight is 180 g/mol. The van der Waals surface area contributed by atoms with Crippen LogP contribution in [0, 0.1) is 0 Å². The molecule has 0 spiro atoms. The summed E-state index contributed by atoms with van der Waals surface area (Å²) >= 11 is 5.43. The van der Waals surface area contributed by atoms with Crippen molar-refractivity contribution in [3.63, 3.8) is 0 Å². The molecule has 1 unspecified atom stereocenters. The highest BCUT2D eigenvalue weighted by molar-refractivity contribution is 8.15. The van der Waals surface area contributed by atoms with Gasteiger partial charge in [0.15, 0.2) is 0 Å². The van der Waals surface area contributed by atoms with Gasteiger partial charge in [0, 0.05) is 12.8 Å². The fourth-order valence-corrected chi connectivity index (χ4v) is 1.82. The SMILES string of the molecule is CC(C)(C)P(C)(=S)CCO. The normalized spacial score (nSPS) is 18.5. The largest absolute Gasteiger partial charge is 0.396 e. The zero-order valence-electron chi connectivity index (χ0n) is 7.22. The van der Waals surface area contributed by atoms with Crippen molar-refractivity contribution < 1.29 is 5.11 Å². The summed E-state index contributed by atoms with van der Waals surface area (Å²) in [6.07, 6.45) is 0.811. The van der Waals surface area contributed by atoms with Crippen LogP contribution in [0.25, 0.3) is 0 Å². The van der Waals surface area contributed by atoms with Crippen molar-refractivity contribution in [3.05, 3.63) is 0 Å². The second-order valence-electron chi connectivity index (χ2n) is 3.72. The maximum atomic E-state index is 8.73. The lowest BCUT2D eigenvalue weighted by molar-refractivity contribution is 0.321. The van der Waals surface area contributed by atoms with Gasteiger partial charge in [0.1, 0.15) is 0 Å². The summed E-state index contributed by atoms with van der Waals surface area (Å²) in [6, 6.07) is -1.29. The topological polar surface area (TPSA) is 20.2 Å². The monoisotopic (exact) mass is 180 g/mol. The van der Waals surface area contributed by atoms with Crippen LogP contribution in [0.5, 0.6) is 0 Å². The first-order valence-electron chi connectivity index (χ1n) is 3.49. The minimum absolute atomic E-state index is 0.213. The molecule has 10 heavy (non-hydrogen) atoms. The van der Waals surface area contributed by atoms with E-state index in [1.54, 1.807) is 0 Å².